The summed E-state index contributed by atoms with van der Waals surface area (Å²) < 4.78 is 5.09. The fourth-order valence-electron chi connectivity index (χ4n) is 2.72. The van der Waals surface area contributed by atoms with Crippen molar-refractivity contribution < 1.29 is 9.53 Å². The molecule has 1 aromatic rings. The Kier molecular flexibility index (Phi) is 5.41. The summed E-state index contributed by atoms with van der Waals surface area (Å²) in [5.74, 6) is 1.46. The Morgan fingerprint density at radius 1 is 1.25 bits per heavy atom. The summed E-state index contributed by atoms with van der Waals surface area (Å²) in [6.07, 6.45) is 5.02. The number of carbonyl (C=O) groups excluding carboxylic acids is 1. The lowest BCUT2D eigenvalue weighted by molar-refractivity contribution is -0.115. The number of carbonyl (C=O) groups is 1. The molecule has 0 aliphatic heterocycles. The largest absolute Gasteiger partial charge is 0.497 e. The van der Waals surface area contributed by atoms with E-state index in [-0.39, 0.29) is 5.91 Å². The van der Waals surface area contributed by atoms with Gasteiger partial charge in [0, 0.05) is 11.7 Å². The van der Waals surface area contributed by atoms with Crippen molar-refractivity contribution in [1.29, 1.82) is 0 Å². The number of ether oxygens (including phenoxy) is 1. The van der Waals surface area contributed by atoms with E-state index < -0.39 is 0 Å². The highest BCUT2D eigenvalue weighted by molar-refractivity contribution is 5.92. The molecule has 0 aromatic heterocycles. The van der Waals surface area contributed by atoms with Crippen LogP contribution in [0.15, 0.2) is 24.3 Å². The van der Waals surface area contributed by atoms with Gasteiger partial charge in [-0.1, -0.05) is 19.8 Å². The normalized spacial score (nSPS) is 22.3. The second kappa shape index (κ2) is 7.29. The first-order valence-electron chi connectivity index (χ1n) is 7.36. The summed E-state index contributed by atoms with van der Waals surface area (Å²) in [6, 6.07) is 7.85. The van der Waals surface area contributed by atoms with Crippen LogP contribution in [0, 0.1) is 5.92 Å². The minimum Gasteiger partial charge on any atom is -0.497 e. The minimum atomic E-state index is 0.00735. The molecule has 1 aromatic carbocycles. The Balaban J connectivity index is 1.76. The molecule has 1 saturated carbocycles. The number of hydrogen-bond acceptors (Lipinski definition) is 3. The molecule has 1 aliphatic carbocycles. The third-order valence-corrected chi connectivity index (χ3v) is 4.01. The first-order valence-corrected chi connectivity index (χ1v) is 7.36. The van der Waals surface area contributed by atoms with Gasteiger partial charge in [-0.2, -0.15) is 0 Å². The van der Waals surface area contributed by atoms with Crippen molar-refractivity contribution in [3.05, 3.63) is 24.3 Å². The van der Waals surface area contributed by atoms with Gasteiger partial charge in [-0.05, 0) is 43.0 Å². The van der Waals surface area contributed by atoms with Crippen LogP contribution in [0.3, 0.4) is 0 Å². The third kappa shape index (κ3) is 4.23. The van der Waals surface area contributed by atoms with Gasteiger partial charge < -0.3 is 15.4 Å². The lowest BCUT2D eigenvalue weighted by Crippen LogP contribution is -2.41. The van der Waals surface area contributed by atoms with E-state index in [4.69, 9.17) is 4.74 Å². The quantitative estimate of drug-likeness (QED) is 0.869. The first-order chi connectivity index (χ1) is 9.69. The lowest BCUT2D eigenvalue weighted by Gasteiger charge is -2.29. The minimum absolute atomic E-state index is 0.00735. The number of nitrogens with one attached hydrogen (secondary N) is 2. The molecular weight excluding hydrogens is 252 g/mol. The SMILES string of the molecule is COc1ccc(NC(=O)CNC2CCCCC2C)cc1. The molecule has 2 rings (SSSR count). The monoisotopic (exact) mass is 276 g/mol. The number of anilines is 1. The molecule has 1 amide bonds. The maximum Gasteiger partial charge on any atom is 0.238 e. The van der Waals surface area contributed by atoms with E-state index in [0.717, 1.165) is 11.4 Å². The van der Waals surface area contributed by atoms with Crippen molar-refractivity contribution in [2.45, 2.75) is 38.6 Å². The number of hydrogen-bond donors (Lipinski definition) is 2. The van der Waals surface area contributed by atoms with E-state index in [9.17, 15) is 4.79 Å². The Hall–Kier alpha value is -1.55. The Bertz CT molecular complexity index is 431. The average molecular weight is 276 g/mol. The van der Waals surface area contributed by atoms with Crippen LogP contribution in [-0.2, 0) is 4.79 Å². The molecule has 2 N–H and O–H groups in total. The van der Waals surface area contributed by atoms with Crippen LogP contribution in [0.2, 0.25) is 0 Å². The molecule has 0 bridgehead atoms. The van der Waals surface area contributed by atoms with E-state index in [2.05, 4.69) is 17.6 Å². The van der Waals surface area contributed by atoms with E-state index in [1.165, 1.54) is 25.7 Å². The lowest BCUT2D eigenvalue weighted by atomic mass is 9.86. The molecule has 0 spiro atoms. The van der Waals surface area contributed by atoms with Crippen LogP contribution in [0.1, 0.15) is 32.6 Å². The molecule has 0 saturated heterocycles. The summed E-state index contributed by atoms with van der Waals surface area (Å²) >= 11 is 0. The van der Waals surface area contributed by atoms with Crippen LogP contribution >= 0.6 is 0 Å². The molecule has 1 aliphatic rings. The smallest absolute Gasteiger partial charge is 0.238 e. The molecule has 110 valence electrons. The van der Waals surface area contributed by atoms with Crippen LogP contribution in [-0.4, -0.2) is 25.6 Å². The van der Waals surface area contributed by atoms with Crippen LogP contribution in [0.25, 0.3) is 0 Å². The van der Waals surface area contributed by atoms with Crippen molar-refractivity contribution >= 4 is 11.6 Å². The number of amides is 1. The van der Waals surface area contributed by atoms with Crippen molar-refractivity contribution in [2.24, 2.45) is 5.92 Å². The van der Waals surface area contributed by atoms with E-state index >= 15 is 0 Å². The van der Waals surface area contributed by atoms with Gasteiger partial charge in [0.15, 0.2) is 0 Å². The van der Waals surface area contributed by atoms with Gasteiger partial charge in [0.25, 0.3) is 0 Å². The summed E-state index contributed by atoms with van der Waals surface area (Å²) in [6.45, 7) is 2.64. The molecule has 0 radical (unpaired) electrons. The van der Waals surface area contributed by atoms with E-state index in [0.29, 0.717) is 18.5 Å². The van der Waals surface area contributed by atoms with Crippen molar-refractivity contribution in [2.75, 3.05) is 19.0 Å². The molecule has 20 heavy (non-hydrogen) atoms. The second-order valence-corrected chi connectivity index (χ2v) is 5.53. The Morgan fingerprint density at radius 2 is 1.95 bits per heavy atom. The zero-order chi connectivity index (χ0) is 14.4. The molecular formula is C16H24N2O2. The zero-order valence-corrected chi connectivity index (χ0v) is 12.3. The van der Waals surface area contributed by atoms with Crippen molar-refractivity contribution in [1.82, 2.24) is 5.32 Å². The second-order valence-electron chi connectivity index (χ2n) is 5.53. The number of benzene rings is 1. The predicted molar refractivity (Wildman–Crippen MR) is 81.0 cm³/mol. The molecule has 0 heterocycles. The summed E-state index contributed by atoms with van der Waals surface area (Å²) in [5.41, 5.74) is 0.800. The number of methoxy groups -OCH3 is 1. The standard InChI is InChI=1S/C16H24N2O2/c1-12-5-3-4-6-15(12)17-11-16(19)18-13-7-9-14(20-2)10-8-13/h7-10,12,15,17H,3-6,11H2,1-2H3,(H,18,19). The molecule has 1 fully saturated rings. The topological polar surface area (TPSA) is 50.4 Å². The summed E-state index contributed by atoms with van der Waals surface area (Å²) in [5, 5.41) is 6.27. The first kappa shape index (κ1) is 14.9. The molecule has 4 heteroatoms. The zero-order valence-electron chi connectivity index (χ0n) is 12.3. The Labute approximate surface area is 120 Å². The van der Waals surface area contributed by atoms with Gasteiger partial charge in [-0.15, -0.1) is 0 Å². The van der Waals surface area contributed by atoms with Crippen LogP contribution < -0.4 is 15.4 Å². The highest BCUT2D eigenvalue weighted by Crippen LogP contribution is 2.23. The van der Waals surface area contributed by atoms with Gasteiger partial charge in [-0.3, -0.25) is 4.79 Å². The fraction of sp³-hybridized carbons (Fsp3) is 0.562. The Morgan fingerprint density at radius 3 is 2.60 bits per heavy atom. The van der Waals surface area contributed by atoms with E-state index in [1.54, 1.807) is 7.11 Å². The number of rotatable bonds is 5. The van der Waals surface area contributed by atoms with Crippen molar-refractivity contribution in [3.63, 3.8) is 0 Å². The summed E-state index contributed by atoms with van der Waals surface area (Å²) in [4.78, 5) is 11.9. The maximum atomic E-state index is 11.9. The van der Waals surface area contributed by atoms with E-state index in [1.807, 2.05) is 24.3 Å². The third-order valence-electron chi connectivity index (χ3n) is 4.01. The van der Waals surface area contributed by atoms with Crippen molar-refractivity contribution in [3.8, 4) is 5.75 Å². The van der Waals surface area contributed by atoms with Gasteiger partial charge in [0.05, 0.1) is 13.7 Å². The van der Waals surface area contributed by atoms with Gasteiger partial charge >= 0.3 is 0 Å². The van der Waals surface area contributed by atoms with Gasteiger partial charge in [-0.25, -0.2) is 0 Å². The highest BCUT2D eigenvalue weighted by Gasteiger charge is 2.21. The van der Waals surface area contributed by atoms with Crippen LogP contribution in [0.5, 0.6) is 5.75 Å². The predicted octanol–water partition coefficient (Wildman–Crippen LogP) is 2.80. The highest BCUT2D eigenvalue weighted by atomic mass is 16.5. The molecule has 4 nitrogen and oxygen atoms in total. The molecule has 2 atom stereocenters. The van der Waals surface area contributed by atoms with Gasteiger partial charge in [0.1, 0.15) is 5.75 Å². The van der Waals surface area contributed by atoms with Gasteiger partial charge in [0.2, 0.25) is 5.91 Å². The van der Waals surface area contributed by atoms with Crippen LogP contribution in [0.4, 0.5) is 5.69 Å². The maximum absolute atomic E-state index is 11.9. The fourth-order valence-corrected chi connectivity index (χ4v) is 2.72. The molecule has 2 unspecified atom stereocenters. The average Bonchev–Trinajstić information content (AvgIpc) is 2.47. The summed E-state index contributed by atoms with van der Waals surface area (Å²) in [7, 11) is 1.63.